The molecule has 6 atom stereocenters. The Balaban J connectivity index is 0.000000157. The maximum Gasteiger partial charge on any atom is 0.280 e. The van der Waals surface area contributed by atoms with Gasteiger partial charge in [-0.2, -0.15) is 67.6 Å². The van der Waals surface area contributed by atoms with Crippen LogP contribution in [-0.4, -0.2) is 125 Å². The number of thiophene rings is 3. The standard InChI is InChI=1S/3C20H21ClFN5O3S2/c3*1-11-13(10-23-26(11)2)18-6-7-19(31-18)16-9-17(27(3)32(29,30)25-16)20(28)24-12-4-5-15(22)14(21)8-12/h3*4-8,10,16-17,25H,9H2,1-3H3,(H,24,28)/t2*16-,17+;/m10./s1. The number of likely N-dealkylation sites (N-methyl/N-ethyl adjacent to an activating group) is 3. The fourth-order valence-corrected chi connectivity index (χ4v) is 18.5. The molecule has 3 aliphatic rings. The first-order chi connectivity index (χ1) is 45.2. The van der Waals surface area contributed by atoms with Gasteiger partial charge in [-0.15, -0.1) is 34.0 Å². The van der Waals surface area contributed by atoms with Crippen LogP contribution in [0.15, 0.2) is 110 Å². The third-order valence-corrected chi connectivity index (χ3v) is 25.9. The molecule has 36 heteroatoms. The van der Waals surface area contributed by atoms with E-state index in [0.717, 1.165) is 94.1 Å². The van der Waals surface area contributed by atoms with Gasteiger partial charge in [-0.3, -0.25) is 28.4 Å². The van der Waals surface area contributed by atoms with Crippen LogP contribution in [0.25, 0.3) is 31.3 Å². The van der Waals surface area contributed by atoms with Crippen molar-refractivity contribution in [1.29, 1.82) is 0 Å². The number of benzene rings is 3. The molecule has 9 aromatic rings. The van der Waals surface area contributed by atoms with Gasteiger partial charge in [0.05, 0.1) is 51.8 Å². The van der Waals surface area contributed by atoms with E-state index in [4.69, 9.17) is 34.8 Å². The minimum Gasteiger partial charge on any atom is -0.325 e. The van der Waals surface area contributed by atoms with Crippen molar-refractivity contribution in [2.45, 2.75) is 76.3 Å². The molecule has 9 heterocycles. The van der Waals surface area contributed by atoms with Crippen LogP contribution in [0.2, 0.25) is 15.1 Å². The average molecular weight is 1490 g/mol. The van der Waals surface area contributed by atoms with Crippen LogP contribution < -0.4 is 30.1 Å². The Hall–Kier alpha value is -6.93. The predicted molar refractivity (Wildman–Crippen MR) is 367 cm³/mol. The van der Waals surface area contributed by atoms with Crippen molar-refractivity contribution in [3.8, 4) is 31.3 Å². The molecule has 12 rings (SSSR count). The van der Waals surface area contributed by atoms with Crippen molar-refractivity contribution in [2.75, 3.05) is 37.1 Å². The van der Waals surface area contributed by atoms with E-state index in [-0.39, 0.29) is 51.4 Å². The zero-order valence-corrected chi connectivity index (χ0v) is 59.6. The summed E-state index contributed by atoms with van der Waals surface area (Å²) in [6.07, 6.45) is 5.99. The van der Waals surface area contributed by atoms with E-state index in [1.807, 2.05) is 78.3 Å². The van der Waals surface area contributed by atoms with Gasteiger partial charge in [0, 0.05) is 122 Å². The first-order valence-corrected chi connectivity index (χ1v) is 36.9. The highest BCUT2D eigenvalue weighted by molar-refractivity contribution is 7.87. The third kappa shape index (κ3) is 15.6. The number of halogens is 6. The molecule has 6 aromatic heterocycles. The smallest absolute Gasteiger partial charge is 0.280 e. The summed E-state index contributed by atoms with van der Waals surface area (Å²) in [5, 5.41) is 20.2. The Morgan fingerprint density at radius 2 is 0.688 bits per heavy atom. The van der Waals surface area contributed by atoms with Crippen molar-refractivity contribution in [3.05, 3.63) is 174 Å². The van der Waals surface area contributed by atoms with Gasteiger partial charge < -0.3 is 16.0 Å². The second kappa shape index (κ2) is 28.9. The molecular weight excluding hydrogens is 1430 g/mol. The summed E-state index contributed by atoms with van der Waals surface area (Å²) in [6.45, 7) is 5.88. The van der Waals surface area contributed by atoms with Crippen molar-refractivity contribution < 1.29 is 52.8 Å². The molecule has 510 valence electrons. The summed E-state index contributed by atoms with van der Waals surface area (Å²) in [6, 6.07) is 18.1. The van der Waals surface area contributed by atoms with Crippen molar-refractivity contribution in [3.63, 3.8) is 0 Å². The number of carbonyl (C=O) groups is 3. The largest absolute Gasteiger partial charge is 0.325 e. The van der Waals surface area contributed by atoms with E-state index in [1.165, 1.54) is 91.6 Å². The number of rotatable bonds is 12. The first-order valence-electron chi connectivity index (χ1n) is 29.0. The van der Waals surface area contributed by atoms with E-state index in [0.29, 0.717) is 0 Å². The zero-order valence-electron chi connectivity index (χ0n) is 52.4. The Bertz CT molecular complexity index is 4340. The van der Waals surface area contributed by atoms with Gasteiger partial charge in [0.2, 0.25) is 17.7 Å². The maximum absolute atomic E-state index is 13.4. The van der Waals surface area contributed by atoms with Gasteiger partial charge in [0.1, 0.15) is 35.6 Å². The van der Waals surface area contributed by atoms with Crippen molar-refractivity contribution >= 4 is 134 Å². The van der Waals surface area contributed by atoms with Crippen LogP contribution in [0.1, 0.15) is 69.1 Å². The van der Waals surface area contributed by atoms with Crippen LogP contribution in [0.5, 0.6) is 0 Å². The molecule has 0 spiro atoms. The van der Waals surface area contributed by atoms with Crippen LogP contribution in [0.4, 0.5) is 30.2 Å². The lowest BCUT2D eigenvalue weighted by molar-refractivity contribution is -0.120. The quantitative estimate of drug-likeness (QED) is 0.0666. The summed E-state index contributed by atoms with van der Waals surface area (Å²) in [5.41, 5.74) is 6.77. The normalized spacial score (nSPS) is 20.9. The maximum atomic E-state index is 13.4. The Kier molecular flexibility index (Phi) is 21.6. The number of carbonyl (C=O) groups excluding carboxylic acids is 3. The highest BCUT2D eigenvalue weighted by Gasteiger charge is 2.44. The highest BCUT2D eigenvalue weighted by atomic mass is 35.5. The Morgan fingerprint density at radius 1 is 0.438 bits per heavy atom. The lowest BCUT2D eigenvalue weighted by Crippen LogP contribution is -2.55. The van der Waals surface area contributed by atoms with Gasteiger partial charge in [-0.05, 0) is 131 Å². The molecule has 3 aliphatic heterocycles. The lowest BCUT2D eigenvalue weighted by Gasteiger charge is -2.35. The molecule has 3 fully saturated rings. The summed E-state index contributed by atoms with van der Waals surface area (Å²) in [7, 11) is -2.07. The van der Waals surface area contributed by atoms with E-state index < -0.39 is 102 Å². The number of nitrogens with one attached hydrogen (secondary N) is 6. The van der Waals surface area contributed by atoms with Gasteiger partial charge in [0.15, 0.2) is 0 Å². The van der Waals surface area contributed by atoms with Crippen molar-refractivity contribution in [2.24, 2.45) is 21.1 Å². The lowest BCUT2D eigenvalue weighted by atomic mass is 10.1. The number of nitrogens with zero attached hydrogens (tertiary/aromatic N) is 9. The molecule has 6 N–H and O–H groups in total. The van der Waals surface area contributed by atoms with Gasteiger partial charge in [-0.25, -0.2) is 13.2 Å². The molecule has 2 unspecified atom stereocenters. The number of hydrogen-bond donors (Lipinski definition) is 6. The molecule has 24 nitrogen and oxygen atoms in total. The molecule has 3 saturated heterocycles. The topological polar surface area (TPSA) is 289 Å². The second-order valence-electron chi connectivity index (χ2n) is 22.6. The van der Waals surface area contributed by atoms with Crippen molar-refractivity contribution in [1.82, 2.24) is 56.4 Å². The summed E-state index contributed by atoms with van der Waals surface area (Å²) < 4.78 is 133. The van der Waals surface area contributed by atoms with Gasteiger partial charge in [-0.1, -0.05) is 34.8 Å². The van der Waals surface area contributed by atoms with E-state index in [2.05, 4.69) is 45.4 Å². The molecule has 0 radical (unpaired) electrons. The van der Waals surface area contributed by atoms with Crippen LogP contribution in [0.3, 0.4) is 0 Å². The highest BCUT2D eigenvalue weighted by Crippen LogP contribution is 2.41. The summed E-state index contributed by atoms with van der Waals surface area (Å²) >= 11 is 21.7. The summed E-state index contributed by atoms with van der Waals surface area (Å²) in [4.78, 5) is 44.0. The van der Waals surface area contributed by atoms with Gasteiger partial charge >= 0.3 is 0 Å². The monoisotopic (exact) mass is 1490 g/mol. The number of hydrogen-bond acceptors (Lipinski definition) is 15. The fourth-order valence-electron chi connectivity index (χ4n) is 10.6. The van der Waals surface area contributed by atoms with E-state index in [1.54, 1.807) is 32.6 Å². The molecule has 0 bridgehead atoms. The number of aromatic nitrogens is 6. The molecule has 0 aliphatic carbocycles. The Morgan fingerprint density at radius 3 is 0.906 bits per heavy atom. The first kappa shape index (κ1) is 71.8. The van der Waals surface area contributed by atoms with Crippen LogP contribution in [0, 0.1) is 38.2 Å². The number of anilines is 3. The summed E-state index contributed by atoms with van der Waals surface area (Å²) in [5.74, 6) is -3.39. The molecular formula is C60H63Cl3F3N15O9S6. The van der Waals surface area contributed by atoms with E-state index >= 15 is 0 Å². The molecule has 3 aromatic carbocycles. The minimum absolute atomic E-state index is 0.135. The molecule has 0 saturated carbocycles. The molecule has 96 heavy (non-hydrogen) atoms. The fraction of sp³-hybridized carbons (Fsp3) is 0.300. The number of aryl methyl sites for hydroxylation is 3. The zero-order chi connectivity index (χ0) is 69.6. The molecule has 3 amide bonds. The average Bonchev–Trinajstić information content (AvgIpc) is 1.12. The van der Waals surface area contributed by atoms with Crippen LogP contribution in [-0.2, 0) is 66.2 Å². The van der Waals surface area contributed by atoms with Gasteiger partial charge in [0.25, 0.3) is 30.6 Å². The van der Waals surface area contributed by atoms with Crippen LogP contribution >= 0.6 is 68.8 Å². The minimum atomic E-state index is -3.89. The number of amides is 3. The third-order valence-electron chi connectivity index (χ3n) is 16.6. The predicted octanol–water partition coefficient (Wildman–Crippen LogP) is 10.4. The Labute approximate surface area is 578 Å². The second-order valence-corrected chi connectivity index (χ2v) is 32.4. The SMILES string of the molecule is Cc1c(-c2ccc(C3CC(C(=O)Nc4ccc(F)c(Cl)c4)N(C)S(=O)(=O)N3)s2)cnn1C.Cc1c(-c2ccc([C@@H]3C[C@H](C(=O)Nc4ccc(F)c(Cl)c4)N(C)S(=O)(=O)N3)s2)cnn1C.Cc1c(-c2ccc([C@H]3C[C@@H](C(=O)Nc4ccc(F)c(Cl)c4)N(C)S(=O)(=O)N3)s2)cnn1C. The van der Waals surface area contributed by atoms with E-state index in [9.17, 15) is 52.8 Å².